The normalized spacial score (nSPS) is 23.2. The van der Waals surface area contributed by atoms with Crippen molar-refractivity contribution in [2.45, 2.75) is 24.7 Å². The molecule has 10 heteroatoms. The van der Waals surface area contributed by atoms with Gasteiger partial charge in [-0.1, -0.05) is 0 Å². The van der Waals surface area contributed by atoms with Gasteiger partial charge >= 0.3 is 0 Å². The van der Waals surface area contributed by atoms with E-state index in [0.29, 0.717) is 22.5 Å². The predicted molar refractivity (Wildman–Crippen MR) is 113 cm³/mol. The Morgan fingerprint density at radius 1 is 1.16 bits per heavy atom. The number of amidine groups is 1. The van der Waals surface area contributed by atoms with Crippen LogP contribution in [0.4, 0.5) is 24.7 Å². The van der Waals surface area contributed by atoms with Crippen LogP contribution >= 0.6 is 0 Å². The molecule has 0 spiro atoms. The molecule has 0 bridgehead atoms. The molecule has 0 amide bonds. The molecule has 3 atom stereocenters. The standard InChI is InChI=1S/C22H20F3N5O2/c23-12-1-2-16(25)15(7-12)19-8-13(24)10-30(19)20-4-3-17-21(29-20)18(5-6-26-17)28-22-27-9-14(31)11-32-22/h1-7,13-14,19,31H,8-11H2,(H,26,27,28)/t13-,14?,19+/m0/s1. The SMILES string of the molecule is OC1CN=C(Nc2ccnc3ccc(N4C[C@@H](F)C[C@@H]4c4cc(F)ccc4F)nc23)OC1. The lowest BCUT2D eigenvalue weighted by molar-refractivity contribution is 0.0950. The number of pyridine rings is 2. The summed E-state index contributed by atoms with van der Waals surface area (Å²) < 4.78 is 48.0. The second kappa shape index (κ2) is 8.27. The van der Waals surface area contributed by atoms with Gasteiger partial charge in [0.05, 0.1) is 30.3 Å². The van der Waals surface area contributed by atoms with Gasteiger partial charge in [0.25, 0.3) is 6.02 Å². The Labute approximate surface area is 181 Å². The molecule has 2 aliphatic rings. The third-order valence-electron chi connectivity index (χ3n) is 5.53. The Morgan fingerprint density at radius 3 is 2.84 bits per heavy atom. The van der Waals surface area contributed by atoms with Crippen molar-refractivity contribution in [1.29, 1.82) is 0 Å². The molecule has 3 aromatic rings. The number of benzene rings is 1. The highest BCUT2D eigenvalue weighted by Crippen LogP contribution is 2.38. The number of nitrogens with one attached hydrogen (secondary N) is 1. The Kier molecular flexibility index (Phi) is 5.30. The van der Waals surface area contributed by atoms with Crippen molar-refractivity contribution in [2.24, 2.45) is 4.99 Å². The second-order valence-electron chi connectivity index (χ2n) is 7.80. The largest absolute Gasteiger partial charge is 0.462 e. The quantitative estimate of drug-likeness (QED) is 0.646. The molecule has 0 saturated carbocycles. The first-order valence-electron chi connectivity index (χ1n) is 10.2. The molecule has 2 aromatic heterocycles. The van der Waals surface area contributed by atoms with Gasteiger partial charge in [-0.2, -0.15) is 0 Å². The zero-order chi connectivity index (χ0) is 22.2. The maximum atomic E-state index is 14.4. The molecule has 1 saturated heterocycles. The summed E-state index contributed by atoms with van der Waals surface area (Å²) >= 11 is 0. The van der Waals surface area contributed by atoms with Gasteiger partial charge < -0.3 is 20.1 Å². The molecular formula is C22H20F3N5O2. The van der Waals surface area contributed by atoms with Crippen LogP contribution in [0.5, 0.6) is 0 Å². The smallest absolute Gasteiger partial charge is 0.289 e. The molecule has 2 aliphatic heterocycles. The molecule has 32 heavy (non-hydrogen) atoms. The first kappa shape index (κ1) is 20.5. The maximum absolute atomic E-state index is 14.4. The Morgan fingerprint density at radius 2 is 2.03 bits per heavy atom. The average Bonchev–Trinajstić information content (AvgIpc) is 3.18. The lowest BCUT2D eigenvalue weighted by Gasteiger charge is -2.26. The van der Waals surface area contributed by atoms with Crippen LogP contribution in [0.25, 0.3) is 11.0 Å². The van der Waals surface area contributed by atoms with E-state index in [1.54, 1.807) is 29.3 Å². The number of aliphatic imine (C=N–C) groups is 1. The van der Waals surface area contributed by atoms with Crippen LogP contribution in [0.15, 0.2) is 47.6 Å². The summed E-state index contributed by atoms with van der Waals surface area (Å²) in [4.78, 5) is 14.7. The summed E-state index contributed by atoms with van der Waals surface area (Å²) in [6.45, 7) is 0.354. The summed E-state index contributed by atoms with van der Waals surface area (Å²) in [7, 11) is 0. The van der Waals surface area contributed by atoms with Crippen molar-refractivity contribution in [3.63, 3.8) is 0 Å². The monoisotopic (exact) mass is 443 g/mol. The fourth-order valence-electron chi connectivity index (χ4n) is 4.03. The minimum atomic E-state index is -1.21. The van der Waals surface area contributed by atoms with Gasteiger partial charge in [0.1, 0.15) is 41.9 Å². The van der Waals surface area contributed by atoms with Gasteiger partial charge in [0.2, 0.25) is 0 Å². The Balaban J connectivity index is 1.51. The Hall–Kier alpha value is -3.40. The number of rotatable bonds is 3. The molecule has 166 valence electrons. The van der Waals surface area contributed by atoms with Crippen molar-refractivity contribution in [3.8, 4) is 0 Å². The number of aliphatic hydroxyl groups is 1. The summed E-state index contributed by atoms with van der Waals surface area (Å²) in [5.74, 6) is -0.747. The predicted octanol–water partition coefficient (Wildman–Crippen LogP) is 3.36. The van der Waals surface area contributed by atoms with Crippen LogP contribution in [0.2, 0.25) is 0 Å². The third-order valence-corrected chi connectivity index (χ3v) is 5.53. The summed E-state index contributed by atoms with van der Waals surface area (Å²) in [5, 5.41) is 12.6. The second-order valence-corrected chi connectivity index (χ2v) is 7.80. The number of ether oxygens (including phenoxy) is 1. The van der Waals surface area contributed by atoms with E-state index in [1.807, 2.05) is 0 Å². The Bertz CT molecular complexity index is 1190. The molecule has 1 unspecified atom stereocenters. The molecule has 1 aromatic carbocycles. The van der Waals surface area contributed by atoms with E-state index in [0.717, 1.165) is 18.2 Å². The first-order valence-corrected chi connectivity index (χ1v) is 10.2. The number of fused-ring (bicyclic) bond motifs is 1. The number of aliphatic hydroxyl groups excluding tert-OH is 1. The van der Waals surface area contributed by atoms with Crippen molar-refractivity contribution < 1.29 is 23.0 Å². The molecule has 2 N–H and O–H groups in total. The van der Waals surface area contributed by atoms with Crippen LogP contribution in [-0.2, 0) is 4.74 Å². The van der Waals surface area contributed by atoms with Crippen molar-refractivity contribution in [2.75, 3.05) is 29.9 Å². The van der Waals surface area contributed by atoms with Crippen LogP contribution in [0, 0.1) is 11.6 Å². The third kappa shape index (κ3) is 3.93. The lowest BCUT2D eigenvalue weighted by atomic mass is 10.0. The van der Waals surface area contributed by atoms with E-state index >= 15 is 0 Å². The first-order chi connectivity index (χ1) is 15.5. The van der Waals surface area contributed by atoms with Crippen LogP contribution in [-0.4, -0.2) is 53.1 Å². The molecular weight excluding hydrogens is 423 g/mol. The molecule has 0 radical (unpaired) electrons. The number of hydrogen-bond donors (Lipinski definition) is 2. The van der Waals surface area contributed by atoms with E-state index in [2.05, 4.69) is 20.3 Å². The number of aromatic nitrogens is 2. The van der Waals surface area contributed by atoms with E-state index < -0.39 is 30.0 Å². The highest BCUT2D eigenvalue weighted by atomic mass is 19.1. The number of hydrogen-bond acceptors (Lipinski definition) is 7. The van der Waals surface area contributed by atoms with Crippen molar-refractivity contribution >= 4 is 28.6 Å². The summed E-state index contributed by atoms with van der Waals surface area (Å²) in [6.07, 6.45) is -0.222. The highest BCUT2D eigenvalue weighted by Gasteiger charge is 2.36. The van der Waals surface area contributed by atoms with Gasteiger partial charge in [-0.25, -0.2) is 23.1 Å². The van der Waals surface area contributed by atoms with E-state index in [4.69, 9.17) is 4.74 Å². The van der Waals surface area contributed by atoms with Gasteiger partial charge in [-0.3, -0.25) is 4.98 Å². The molecule has 4 heterocycles. The minimum Gasteiger partial charge on any atom is -0.462 e. The molecule has 0 aliphatic carbocycles. The zero-order valence-electron chi connectivity index (χ0n) is 16.9. The molecule has 1 fully saturated rings. The topological polar surface area (TPSA) is 82.9 Å². The number of alkyl halides is 1. The van der Waals surface area contributed by atoms with E-state index in [9.17, 15) is 18.3 Å². The summed E-state index contributed by atoms with van der Waals surface area (Å²) in [6, 6.07) is 7.88. The van der Waals surface area contributed by atoms with Crippen molar-refractivity contribution in [3.05, 3.63) is 59.8 Å². The van der Waals surface area contributed by atoms with E-state index in [-0.39, 0.29) is 37.7 Å². The van der Waals surface area contributed by atoms with Gasteiger partial charge in [-0.05, 0) is 36.4 Å². The van der Waals surface area contributed by atoms with Crippen LogP contribution in [0.3, 0.4) is 0 Å². The highest BCUT2D eigenvalue weighted by molar-refractivity contribution is 5.98. The number of nitrogens with zero attached hydrogens (tertiary/aromatic N) is 4. The minimum absolute atomic E-state index is 0.00978. The molecule has 5 rings (SSSR count). The fourth-order valence-corrected chi connectivity index (χ4v) is 4.03. The molecule has 7 nitrogen and oxygen atoms in total. The maximum Gasteiger partial charge on any atom is 0.289 e. The zero-order valence-corrected chi connectivity index (χ0v) is 16.9. The lowest BCUT2D eigenvalue weighted by Crippen LogP contribution is -2.31. The number of anilines is 2. The fraction of sp³-hybridized carbons (Fsp3) is 0.318. The van der Waals surface area contributed by atoms with E-state index in [1.165, 1.54) is 0 Å². The van der Waals surface area contributed by atoms with Crippen LogP contribution < -0.4 is 10.2 Å². The van der Waals surface area contributed by atoms with Gasteiger partial charge in [-0.15, -0.1) is 0 Å². The van der Waals surface area contributed by atoms with Crippen LogP contribution in [0.1, 0.15) is 18.0 Å². The summed E-state index contributed by atoms with van der Waals surface area (Å²) in [5.41, 5.74) is 1.74. The average molecular weight is 443 g/mol. The van der Waals surface area contributed by atoms with Gasteiger partial charge in [0, 0.05) is 18.2 Å². The van der Waals surface area contributed by atoms with Crippen molar-refractivity contribution in [1.82, 2.24) is 9.97 Å². The number of halogens is 3. The van der Waals surface area contributed by atoms with Gasteiger partial charge in [0.15, 0.2) is 0 Å².